The summed E-state index contributed by atoms with van der Waals surface area (Å²) in [5, 5.41) is 5.02. The largest absolute Gasteiger partial charge is 0.497 e. The Bertz CT molecular complexity index is 1300. The molecule has 1 aliphatic rings. The molecule has 7 nitrogen and oxygen atoms in total. The highest BCUT2D eigenvalue weighted by atomic mass is 16.5. The van der Waals surface area contributed by atoms with Crippen molar-refractivity contribution in [2.24, 2.45) is 7.05 Å². The number of ether oxygens (including phenoxy) is 1. The van der Waals surface area contributed by atoms with E-state index in [4.69, 9.17) is 4.74 Å². The van der Waals surface area contributed by atoms with Crippen LogP contribution in [-0.4, -0.2) is 22.0 Å². The van der Waals surface area contributed by atoms with Crippen LogP contribution in [0.5, 0.6) is 5.75 Å². The molecule has 2 heterocycles. The Morgan fingerprint density at radius 1 is 1.07 bits per heavy atom. The van der Waals surface area contributed by atoms with E-state index in [1.165, 1.54) is 11.6 Å². The number of anilines is 1. The van der Waals surface area contributed by atoms with Crippen LogP contribution >= 0.6 is 0 Å². The summed E-state index contributed by atoms with van der Waals surface area (Å²) >= 11 is 0. The monoisotopic (exact) mass is 391 g/mol. The van der Waals surface area contributed by atoms with Crippen molar-refractivity contribution in [3.63, 3.8) is 0 Å². The van der Waals surface area contributed by atoms with Crippen molar-refractivity contribution in [1.29, 1.82) is 0 Å². The lowest BCUT2D eigenvalue weighted by Crippen LogP contribution is -2.40. The maximum atomic E-state index is 12.9. The first-order chi connectivity index (χ1) is 13.9. The number of rotatable bonds is 4. The van der Waals surface area contributed by atoms with Gasteiger partial charge in [-0.2, -0.15) is 0 Å². The number of methoxy groups -OCH3 is 1. The van der Waals surface area contributed by atoms with Crippen LogP contribution in [0.1, 0.15) is 29.3 Å². The van der Waals surface area contributed by atoms with Gasteiger partial charge in [-0.15, -0.1) is 0 Å². The van der Waals surface area contributed by atoms with E-state index in [0.29, 0.717) is 13.0 Å². The van der Waals surface area contributed by atoms with E-state index >= 15 is 0 Å². The minimum absolute atomic E-state index is 0.0114. The van der Waals surface area contributed by atoms with E-state index in [2.05, 4.69) is 5.32 Å². The van der Waals surface area contributed by atoms with Crippen LogP contribution in [0.3, 0.4) is 0 Å². The van der Waals surface area contributed by atoms with E-state index < -0.39 is 17.0 Å². The van der Waals surface area contributed by atoms with Gasteiger partial charge in [-0.1, -0.05) is 25.1 Å². The first kappa shape index (κ1) is 18.7. The van der Waals surface area contributed by atoms with Gasteiger partial charge in [0.05, 0.1) is 12.8 Å². The van der Waals surface area contributed by atoms with Crippen molar-refractivity contribution in [3.8, 4) is 5.75 Å². The lowest BCUT2D eigenvalue weighted by Gasteiger charge is -2.11. The molecule has 0 saturated carbocycles. The third-order valence-corrected chi connectivity index (χ3v) is 5.10. The number of ketones is 1. The quantitative estimate of drug-likeness (QED) is 0.692. The summed E-state index contributed by atoms with van der Waals surface area (Å²) in [6.45, 7) is 2.35. The molecule has 0 saturated heterocycles. The number of fused-ring (bicyclic) bond motifs is 2. The number of carbonyl (C=O) groups excluding carboxylic acids is 1. The SMILES string of the molecule is CCCn1c2c(c(=O)n(C)c1=O)C(=O)C(=Cc1ccc3cc(OC)ccc3c1)N2. The Morgan fingerprint density at radius 3 is 2.52 bits per heavy atom. The maximum Gasteiger partial charge on any atom is 0.332 e. The molecule has 0 unspecified atom stereocenters. The standard InChI is InChI=1S/C22H21N3O4/c1-4-9-25-20-18(21(27)24(2)22(25)28)19(26)17(23-20)11-13-5-6-15-12-16(29-3)8-7-14(15)10-13/h5-8,10-12,23H,4,9H2,1-3H3. The first-order valence-electron chi connectivity index (χ1n) is 9.39. The summed E-state index contributed by atoms with van der Waals surface area (Å²) in [6.07, 6.45) is 2.40. The van der Waals surface area contributed by atoms with Gasteiger partial charge in [0.15, 0.2) is 0 Å². The Balaban J connectivity index is 1.80. The van der Waals surface area contributed by atoms with Gasteiger partial charge in [-0.25, -0.2) is 4.79 Å². The number of nitrogens with zero attached hydrogens (tertiary/aromatic N) is 2. The molecule has 0 radical (unpaired) electrons. The summed E-state index contributed by atoms with van der Waals surface area (Å²) in [7, 11) is 3.01. The zero-order valence-electron chi connectivity index (χ0n) is 16.5. The van der Waals surface area contributed by atoms with Gasteiger partial charge in [0.2, 0.25) is 5.78 Å². The normalized spacial score (nSPS) is 14.3. The number of benzene rings is 2. The Kier molecular flexibility index (Phi) is 4.58. The van der Waals surface area contributed by atoms with Crippen molar-refractivity contribution < 1.29 is 9.53 Å². The maximum absolute atomic E-state index is 12.9. The average molecular weight is 391 g/mol. The second-order valence-corrected chi connectivity index (χ2v) is 7.01. The lowest BCUT2D eigenvalue weighted by atomic mass is 10.1. The second-order valence-electron chi connectivity index (χ2n) is 7.01. The molecular formula is C22H21N3O4. The molecule has 0 fully saturated rings. The van der Waals surface area contributed by atoms with Gasteiger partial charge in [-0.05, 0) is 47.0 Å². The summed E-state index contributed by atoms with van der Waals surface area (Å²) < 4.78 is 7.68. The van der Waals surface area contributed by atoms with Crippen LogP contribution in [0.15, 0.2) is 51.7 Å². The molecule has 0 amide bonds. The van der Waals surface area contributed by atoms with E-state index in [1.54, 1.807) is 13.2 Å². The van der Waals surface area contributed by atoms with Gasteiger partial charge in [0, 0.05) is 13.6 Å². The van der Waals surface area contributed by atoms with Crippen molar-refractivity contribution in [3.05, 3.63) is 74.1 Å². The summed E-state index contributed by atoms with van der Waals surface area (Å²) in [5.74, 6) is 0.651. The predicted octanol–water partition coefficient (Wildman–Crippen LogP) is 2.77. The van der Waals surface area contributed by atoms with Crippen LogP contribution in [-0.2, 0) is 13.6 Å². The van der Waals surface area contributed by atoms with Crippen molar-refractivity contribution in [2.75, 3.05) is 12.4 Å². The minimum atomic E-state index is -0.580. The Hall–Kier alpha value is -3.61. The Morgan fingerprint density at radius 2 is 1.79 bits per heavy atom. The van der Waals surface area contributed by atoms with Crippen LogP contribution in [0, 0.1) is 0 Å². The van der Waals surface area contributed by atoms with E-state index in [1.807, 2.05) is 43.3 Å². The molecule has 0 aliphatic carbocycles. The van der Waals surface area contributed by atoms with Gasteiger partial charge >= 0.3 is 5.69 Å². The molecule has 2 aromatic carbocycles. The fraction of sp³-hybridized carbons (Fsp3) is 0.227. The molecule has 148 valence electrons. The molecule has 4 rings (SSSR count). The van der Waals surface area contributed by atoms with E-state index in [9.17, 15) is 14.4 Å². The molecule has 29 heavy (non-hydrogen) atoms. The van der Waals surface area contributed by atoms with Gasteiger partial charge in [0.25, 0.3) is 5.56 Å². The molecule has 0 bridgehead atoms. The number of allylic oxidation sites excluding steroid dienone is 1. The number of nitrogens with one attached hydrogen (secondary N) is 1. The minimum Gasteiger partial charge on any atom is -0.497 e. The second kappa shape index (κ2) is 7.09. The van der Waals surface area contributed by atoms with Crippen LogP contribution in [0.25, 0.3) is 16.8 Å². The zero-order chi connectivity index (χ0) is 20.7. The fourth-order valence-electron chi connectivity index (χ4n) is 3.58. The van der Waals surface area contributed by atoms with Gasteiger partial charge < -0.3 is 10.1 Å². The molecule has 3 aromatic rings. The fourth-order valence-corrected chi connectivity index (χ4v) is 3.58. The first-order valence-corrected chi connectivity index (χ1v) is 9.39. The van der Waals surface area contributed by atoms with Crippen LogP contribution in [0.4, 0.5) is 5.82 Å². The summed E-state index contributed by atoms with van der Waals surface area (Å²) in [4.78, 5) is 37.9. The predicted molar refractivity (Wildman–Crippen MR) is 113 cm³/mol. The van der Waals surface area contributed by atoms with Gasteiger partial charge in [-0.3, -0.25) is 18.7 Å². The van der Waals surface area contributed by atoms with Crippen molar-refractivity contribution >= 4 is 28.4 Å². The lowest BCUT2D eigenvalue weighted by molar-refractivity contribution is 0.104. The van der Waals surface area contributed by atoms with E-state index in [0.717, 1.165) is 26.7 Å². The third kappa shape index (κ3) is 3.04. The highest BCUT2D eigenvalue weighted by Crippen LogP contribution is 2.27. The van der Waals surface area contributed by atoms with Gasteiger partial charge in [0.1, 0.15) is 17.1 Å². The highest BCUT2D eigenvalue weighted by Gasteiger charge is 2.32. The number of Topliss-reactive ketones (excluding diaryl/α,β-unsaturated/α-hetero) is 1. The third-order valence-electron chi connectivity index (χ3n) is 5.10. The van der Waals surface area contributed by atoms with Crippen molar-refractivity contribution in [1.82, 2.24) is 9.13 Å². The number of aromatic nitrogens is 2. The number of hydrogen-bond acceptors (Lipinski definition) is 5. The van der Waals surface area contributed by atoms with Crippen LogP contribution in [0.2, 0.25) is 0 Å². The number of hydrogen-bond donors (Lipinski definition) is 1. The molecule has 1 aliphatic heterocycles. The van der Waals surface area contributed by atoms with Crippen molar-refractivity contribution in [2.45, 2.75) is 19.9 Å². The van der Waals surface area contributed by atoms with Crippen LogP contribution < -0.4 is 21.3 Å². The molecule has 0 atom stereocenters. The van der Waals surface area contributed by atoms with E-state index in [-0.39, 0.29) is 17.1 Å². The Labute approximate surface area is 166 Å². The average Bonchev–Trinajstić information content (AvgIpc) is 3.05. The smallest absolute Gasteiger partial charge is 0.332 e. The summed E-state index contributed by atoms with van der Waals surface area (Å²) in [6, 6.07) is 11.6. The highest BCUT2D eigenvalue weighted by molar-refractivity contribution is 6.19. The topological polar surface area (TPSA) is 82.3 Å². The molecule has 7 heteroatoms. The summed E-state index contributed by atoms with van der Waals surface area (Å²) in [5.41, 5.74) is 0.0888. The zero-order valence-corrected chi connectivity index (χ0v) is 16.5. The molecule has 1 aromatic heterocycles. The molecule has 1 N–H and O–H groups in total. The molecule has 0 spiro atoms. The number of carbonyl (C=O) groups is 1. The molecular weight excluding hydrogens is 370 g/mol.